The van der Waals surface area contributed by atoms with Gasteiger partial charge in [-0.25, -0.2) is 0 Å². The van der Waals surface area contributed by atoms with E-state index in [0.717, 1.165) is 38.3 Å². The van der Waals surface area contributed by atoms with Crippen LogP contribution in [-0.2, 0) is 13.1 Å². The minimum Gasteiger partial charge on any atom is -0.299 e. The van der Waals surface area contributed by atoms with Crippen LogP contribution in [0.2, 0.25) is 0 Å². The van der Waals surface area contributed by atoms with Gasteiger partial charge in [0.05, 0.1) is 5.69 Å². The molecule has 0 saturated heterocycles. The SMILES string of the molecule is CCCN(CCCn1nc(C)cc1C)Cc1cccnc1. The zero-order chi connectivity index (χ0) is 15.1. The normalized spacial score (nSPS) is 11.2. The minimum atomic E-state index is 0.985. The fourth-order valence-electron chi connectivity index (χ4n) is 2.68. The summed E-state index contributed by atoms with van der Waals surface area (Å²) in [4.78, 5) is 6.70. The maximum Gasteiger partial charge on any atom is 0.0596 e. The molecule has 4 heteroatoms. The molecule has 2 aromatic heterocycles. The molecular weight excluding hydrogens is 260 g/mol. The van der Waals surface area contributed by atoms with E-state index in [2.05, 4.69) is 52.6 Å². The Labute approximate surface area is 127 Å². The van der Waals surface area contributed by atoms with E-state index in [0.29, 0.717) is 0 Å². The van der Waals surface area contributed by atoms with Gasteiger partial charge in [0.2, 0.25) is 0 Å². The Morgan fingerprint density at radius 2 is 2.10 bits per heavy atom. The zero-order valence-corrected chi connectivity index (χ0v) is 13.4. The van der Waals surface area contributed by atoms with Crippen LogP contribution in [-0.4, -0.2) is 32.8 Å². The van der Waals surface area contributed by atoms with Gasteiger partial charge in [0.25, 0.3) is 0 Å². The van der Waals surface area contributed by atoms with Crippen LogP contribution in [0.4, 0.5) is 0 Å². The van der Waals surface area contributed by atoms with E-state index in [-0.39, 0.29) is 0 Å². The van der Waals surface area contributed by atoms with Crippen molar-refractivity contribution in [2.24, 2.45) is 0 Å². The number of rotatable bonds is 8. The lowest BCUT2D eigenvalue weighted by Crippen LogP contribution is -2.26. The molecular formula is C17H26N4. The minimum absolute atomic E-state index is 0.985. The van der Waals surface area contributed by atoms with Crippen LogP contribution in [0.3, 0.4) is 0 Å². The third kappa shape index (κ3) is 4.97. The molecule has 21 heavy (non-hydrogen) atoms. The van der Waals surface area contributed by atoms with E-state index in [4.69, 9.17) is 0 Å². The standard InChI is InChI=1S/C17H26N4/c1-4-9-20(14-17-7-5-8-18-13-17)10-6-11-21-16(3)12-15(2)19-21/h5,7-8,12-13H,4,6,9-11,14H2,1-3H3. The largest absolute Gasteiger partial charge is 0.299 e. The summed E-state index contributed by atoms with van der Waals surface area (Å²) in [5.41, 5.74) is 3.65. The average molecular weight is 286 g/mol. The highest BCUT2D eigenvalue weighted by Crippen LogP contribution is 2.07. The van der Waals surface area contributed by atoms with Crippen LogP contribution >= 0.6 is 0 Å². The third-order valence-electron chi connectivity index (χ3n) is 3.62. The number of aromatic nitrogens is 3. The van der Waals surface area contributed by atoms with Gasteiger partial charge in [-0.2, -0.15) is 5.10 Å². The first-order valence-electron chi connectivity index (χ1n) is 7.81. The maximum atomic E-state index is 4.53. The van der Waals surface area contributed by atoms with Crippen molar-refractivity contribution in [1.82, 2.24) is 19.7 Å². The molecule has 0 amide bonds. The topological polar surface area (TPSA) is 34.0 Å². The highest BCUT2D eigenvalue weighted by Gasteiger charge is 2.06. The van der Waals surface area contributed by atoms with Crippen molar-refractivity contribution < 1.29 is 0 Å². The fourth-order valence-corrected chi connectivity index (χ4v) is 2.68. The Balaban J connectivity index is 1.84. The van der Waals surface area contributed by atoms with E-state index >= 15 is 0 Å². The van der Waals surface area contributed by atoms with Gasteiger partial charge < -0.3 is 0 Å². The molecule has 0 aliphatic heterocycles. The van der Waals surface area contributed by atoms with E-state index in [1.807, 2.05) is 18.5 Å². The summed E-state index contributed by atoms with van der Waals surface area (Å²) < 4.78 is 2.11. The van der Waals surface area contributed by atoms with Crippen molar-refractivity contribution in [3.63, 3.8) is 0 Å². The Hall–Kier alpha value is -1.68. The molecule has 0 fully saturated rings. The van der Waals surface area contributed by atoms with E-state index in [1.54, 1.807) is 0 Å². The first-order chi connectivity index (χ1) is 10.2. The maximum absolute atomic E-state index is 4.53. The second kappa shape index (κ2) is 7.93. The van der Waals surface area contributed by atoms with Crippen LogP contribution in [0.1, 0.15) is 36.7 Å². The summed E-state index contributed by atoms with van der Waals surface area (Å²) >= 11 is 0. The number of hydrogen-bond donors (Lipinski definition) is 0. The molecule has 0 saturated carbocycles. The molecule has 0 aliphatic rings. The molecule has 0 N–H and O–H groups in total. The molecule has 0 aromatic carbocycles. The summed E-state index contributed by atoms with van der Waals surface area (Å²) in [5.74, 6) is 0. The molecule has 0 radical (unpaired) electrons. The second-order valence-electron chi connectivity index (χ2n) is 5.64. The number of hydrogen-bond acceptors (Lipinski definition) is 3. The van der Waals surface area contributed by atoms with E-state index < -0.39 is 0 Å². The van der Waals surface area contributed by atoms with Gasteiger partial charge >= 0.3 is 0 Å². The molecule has 2 rings (SSSR count). The highest BCUT2D eigenvalue weighted by molar-refractivity contribution is 5.08. The van der Waals surface area contributed by atoms with Gasteiger partial charge in [-0.3, -0.25) is 14.6 Å². The molecule has 4 nitrogen and oxygen atoms in total. The quantitative estimate of drug-likeness (QED) is 0.747. The average Bonchev–Trinajstić information content (AvgIpc) is 2.78. The van der Waals surface area contributed by atoms with Crippen molar-refractivity contribution in [2.75, 3.05) is 13.1 Å². The number of aryl methyl sites for hydroxylation is 3. The summed E-state index contributed by atoms with van der Waals surface area (Å²) in [6, 6.07) is 6.30. The summed E-state index contributed by atoms with van der Waals surface area (Å²) in [5, 5.41) is 4.53. The van der Waals surface area contributed by atoms with Gasteiger partial charge in [0.15, 0.2) is 0 Å². The predicted molar refractivity (Wildman–Crippen MR) is 86.1 cm³/mol. The molecule has 2 aromatic rings. The van der Waals surface area contributed by atoms with Crippen LogP contribution < -0.4 is 0 Å². The lowest BCUT2D eigenvalue weighted by Gasteiger charge is -2.21. The Morgan fingerprint density at radius 3 is 2.71 bits per heavy atom. The molecule has 0 bridgehead atoms. The molecule has 0 aliphatic carbocycles. The summed E-state index contributed by atoms with van der Waals surface area (Å²) in [6.45, 7) is 10.6. The van der Waals surface area contributed by atoms with Crippen molar-refractivity contribution in [2.45, 2.75) is 46.7 Å². The van der Waals surface area contributed by atoms with E-state index in [1.165, 1.54) is 17.7 Å². The predicted octanol–water partition coefficient (Wildman–Crippen LogP) is 3.20. The number of nitrogens with zero attached hydrogens (tertiary/aromatic N) is 4. The van der Waals surface area contributed by atoms with Gasteiger partial charge in [0.1, 0.15) is 0 Å². The van der Waals surface area contributed by atoms with Crippen molar-refractivity contribution >= 4 is 0 Å². The lowest BCUT2D eigenvalue weighted by atomic mass is 10.2. The van der Waals surface area contributed by atoms with Crippen LogP contribution in [0.25, 0.3) is 0 Å². The van der Waals surface area contributed by atoms with Gasteiger partial charge in [-0.1, -0.05) is 13.0 Å². The third-order valence-corrected chi connectivity index (χ3v) is 3.62. The summed E-state index contributed by atoms with van der Waals surface area (Å²) in [6.07, 6.45) is 6.10. The number of pyridine rings is 1. The molecule has 0 spiro atoms. The van der Waals surface area contributed by atoms with E-state index in [9.17, 15) is 0 Å². The molecule has 114 valence electrons. The smallest absolute Gasteiger partial charge is 0.0596 e. The Bertz CT molecular complexity index is 533. The van der Waals surface area contributed by atoms with Crippen LogP contribution in [0.5, 0.6) is 0 Å². The molecule has 0 unspecified atom stereocenters. The second-order valence-corrected chi connectivity index (χ2v) is 5.64. The van der Waals surface area contributed by atoms with Crippen molar-refractivity contribution in [3.8, 4) is 0 Å². The molecule has 2 heterocycles. The van der Waals surface area contributed by atoms with Gasteiger partial charge in [-0.05, 0) is 50.9 Å². The van der Waals surface area contributed by atoms with Crippen molar-refractivity contribution in [1.29, 1.82) is 0 Å². The van der Waals surface area contributed by atoms with Crippen LogP contribution in [0.15, 0.2) is 30.6 Å². The first kappa shape index (κ1) is 15.7. The first-order valence-corrected chi connectivity index (χ1v) is 7.81. The van der Waals surface area contributed by atoms with Crippen LogP contribution in [0, 0.1) is 13.8 Å². The highest BCUT2D eigenvalue weighted by atomic mass is 15.3. The van der Waals surface area contributed by atoms with Gasteiger partial charge in [0, 0.05) is 37.7 Å². The zero-order valence-electron chi connectivity index (χ0n) is 13.4. The molecule has 0 atom stereocenters. The lowest BCUT2D eigenvalue weighted by molar-refractivity contribution is 0.255. The summed E-state index contributed by atoms with van der Waals surface area (Å²) in [7, 11) is 0. The van der Waals surface area contributed by atoms with Crippen molar-refractivity contribution in [3.05, 3.63) is 47.5 Å². The fraction of sp³-hybridized carbons (Fsp3) is 0.529. The Kier molecular flexibility index (Phi) is 5.93. The van der Waals surface area contributed by atoms with Gasteiger partial charge in [-0.15, -0.1) is 0 Å². The monoisotopic (exact) mass is 286 g/mol. The Morgan fingerprint density at radius 1 is 1.24 bits per heavy atom.